The fourth-order valence-electron chi connectivity index (χ4n) is 5.46. The summed E-state index contributed by atoms with van der Waals surface area (Å²) in [5.41, 5.74) is 3.93. The Kier molecular flexibility index (Phi) is 6.96. The van der Waals surface area contributed by atoms with Gasteiger partial charge in [0.05, 0.1) is 20.1 Å². The number of fused-ring (bicyclic) bond motifs is 1. The molecule has 6 nitrogen and oxygen atoms in total. The number of aryl methyl sites for hydroxylation is 1. The lowest BCUT2D eigenvalue weighted by Crippen LogP contribution is -2.23. The van der Waals surface area contributed by atoms with Gasteiger partial charge in [0, 0.05) is 23.4 Å². The van der Waals surface area contributed by atoms with Crippen molar-refractivity contribution in [3.8, 4) is 22.8 Å². The normalized spacial score (nSPS) is 18.2. The van der Waals surface area contributed by atoms with Gasteiger partial charge in [0.25, 0.3) is 0 Å². The van der Waals surface area contributed by atoms with Gasteiger partial charge >= 0.3 is 5.97 Å². The van der Waals surface area contributed by atoms with Gasteiger partial charge < -0.3 is 14.2 Å². The quantitative estimate of drug-likeness (QED) is 0.274. The van der Waals surface area contributed by atoms with Crippen LogP contribution in [0, 0.1) is 17.7 Å². The number of benzene rings is 2. The number of aldehydes is 1. The van der Waals surface area contributed by atoms with Crippen LogP contribution in [0.1, 0.15) is 65.3 Å². The van der Waals surface area contributed by atoms with Gasteiger partial charge in [-0.15, -0.1) is 0 Å². The van der Waals surface area contributed by atoms with Crippen molar-refractivity contribution in [3.63, 3.8) is 0 Å². The Balaban J connectivity index is 1.45. The second-order valence-corrected chi connectivity index (χ2v) is 9.85. The van der Waals surface area contributed by atoms with Gasteiger partial charge in [-0.05, 0) is 84.0 Å². The number of carbonyl (C=O) groups excluding carboxylic acids is 2. The van der Waals surface area contributed by atoms with E-state index in [0.29, 0.717) is 46.2 Å². The topological polar surface area (TPSA) is 74.7 Å². The van der Waals surface area contributed by atoms with E-state index in [1.807, 2.05) is 19.1 Å². The van der Waals surface area contributed by atoms with E-state index in [1.165, 1.54) is 20.3 Å². The summed E-state index contributed by atoms with van der Waals surface area (Å²) >= 11 is 0. The third-order valence-electron chi connectivity index (χ3n) is 7.56. The molecular weight excluding hydrogens is 473 g/mol. The minimum absolute atomic E-state index is 0.0526. The first kappa shape index (κ1) is 24.9. The molecule has 2 aromatic carbocycles. The van der Waals surface area contributed by atoms with Gasteiger partial charge in [0.2, 0.25) is 5.88 Å². The minimum atomic E-state index is -0.528. The van der Waals surface area contributed by atoms with Crippen molar-refractivity contribution >= 4 is 12.3 Å². The molecular formula is C30H30FNO5. The third kappa shape index (κ3) is 4.95. The molecule has 0 saturated heterocycles. The Morgan fingerprint density at radius 3 is 2.65 bits per heavy atom. The summed E-state index contributed by atoms with van der Waals surface area (Å²) < 4.78 is 32.0. The Bertz CT molecular complexity index is 1340. The smallest absolute Gasteiger partial charge is 0.309 e. The second kappa shape index (κ2) is 10.3. The van der Waals surface area contributed by atoms with Crippen LogP contribution in [0.25, 0.3) is 11.1 Å². The average molecular weight is 504 g/mol. The Morgan fingerprint density at radius 2 is 1.95 bits per heavy atom. The number of carbonyl (C=O) groups is 2. The predicted octanol–water partition coefficient (Wildman–Crippen LogP) is 6.08. The molecule has 1 saturated carbocycles. The van der Waals surface area contributed by atoms with Crippen LogP contribution in [0.4, 0.5) is 4.39 Å². The van der Waals surface area contributed by atoms with E-state index in [9.17, 15) is 9.59 Å². The van der Waals surface area contributed by atoms with E-state index in [1.54, 1.807) is 24.4 Å². The lowest BCUT2D eigenvalue weighted by atomic mass is 9.82. The molecule has 1 unspecified atom stereocenters. The van der Waals surface area contributed by atoms with E-state index in [2.05, 4.69) is 11.1 Å². The van der Waals surface area contributed by atoms with Crippen LogP contribution in [-0.2, 0) is 16.0 Å². The molecule has 0 spiro atoms. The molecule has 1 aliphatic carbocycles. The lowest BCUT2D eigenvalue weighted by molar-refractivity contribution is -0.145. The zero-order chi connectivity index (χ0) is 26.1. The van der Waals surface area contributed by atoms with Gasteiger partial charge in [-0.25, -0.2) is 9.37 Å². The highest BCUT2D eigenvalue weighted by Crippen LogP contribution is 2.48. The van der Waals surface area contributed by atoms with Crippen LogP contribution in [0.15, 0.2) is 48.7 Å². The molecule has 192 valence electrons. The Hall–Kier alpha value is -3.74. The fraction of sp³-hybridized carbons (Fsp3) is 0.367. The number of ether oxygens (including phenoxy) is 3. The van der Waals surface area contributed by atoms with Crippen molar-refractivity contribution in [3.05, 3.63) is 76.7 Å². The largest absolute Gasteiger partial charge is 0.485 e. The summed E-state index contributed by atoms with van der Waals surface area (Å²) in [5.74, 6) is 0.663. The number of nitrogens with zero attached hydrogens (tertiary/aromatic N) is 1. The number of pyridine rings is 1. The first-order chi connectivity index (χ1) is 17.9. The van der Waals surface area contributed by atoms with Crippen LogP contribution in [-0.4, -0.2) is 31.5 Å². The van der Waals surface area contributed by atoms with E-state index >= 15 is 4.39 Å². The molecule has 5 rings (SSSR count). The molecule has 0 amide bonds. The van der Waals surface area contributed by atoms with Crippen molar-refractivity contribution in [1.82, 2.24) is 4.98 Å². The van der Waals surface area contributed by atoms with Gasteiger partial charge in [-0.1, -0.05) is 19.1 Å². The highest BCUT2D eigenvalue weighted by atomic mass is 19.1. The molecule has 1 aromatic heterocycles. The first-order valence-corrected chi connectivity index (χ1v) is 12.6. The van der Waals surface area contributed by atoms with Crippen molar-refractivity contribution in [2.75, 3.05) is 14.2 Å². The summed E-state index contributed by atoms with van der Waals surface area (Å²) in [6.07, 6.45) is 5.25. The van der Waals surface area contributed by atoms with Gasteiger partial charge in [-0.2, -0.15) is 0 Å². The summed E-state index contributed by atoms with van der Waals surface area (Å²) in [7, 11) is 2.92. The standard InChI is InChI=1S/C30H30FNO5/c1-17(30(34)36-3)29(19-5-6-19)21-7-4-18-8-9-26(37-27(18)13-21)24-12-22(16-33)23(15-25(24)31)20-10-11-32-28(14-20)35-2/h4,7,10-17,19,26,29H,5-6,8-9H2,1-3H3/t17-,26?,29-/m0/s1. The lowest BCUT2D eigenvalue weighted by Gasteiger charge is -2.29. The van der Waals surface area contributed by atoms with Gasteiger partial charge in [0.1, 0.15) is 17.7 Å². The predicted molar refractivity (Wildman–Crippen MR) is 136 cm³/mol. The molecule has 37 heavy (non-hydrogen) atoms. The molecule has 3 aromatic rings. The van der Waals surface area contributed by atoms with Crippen molar-refractivity contribution in [2.24, 2.45) is 11.8 Å². The molecule has 0 N–H and O–H groups in total. The number of rotatable bonds is 8. The van der Waals surface area contributed by atoms with Crippen molar-refractivity contribution < 1.29 is 28.2 Å². The zero-order valence-corrected chi connectivity index (χ0v) is 21.2. The monoisotopic (exact) mass is 503 g/mol. The zero-order valence-electron chi connectivity index (χ0n) is 21.2. The maximum Gasteiger partial charge on any atom is 0.309 e. The summed E-state index contributed by atoms with van der Waals surface area (Å²) in [6, 6.07) is 12.5. The van der Waals surface area contributed by atoms with E-state index in [-0.39, 0.29) is 17.8 Å². The number of hydrogen-bond donors (Lipinski definition) is 0. The van der Waals surface area contributed by atoms with Crippen LogP contribution in [0.3, 0.4) is 0 Å². The highest BCUT2D eigenvalue weighted by Gasteiger charge is 2.39. The summed E-state index contributed by atoms with van der Waals surface area (Å²) in [6.45, 7) is 1.91. The highest BCUT2D eigenvalue weighted by molar-refractivity contribution is 5.88. The average Bonchev–Trinajstić information content (AvgIpc) is 3.77. The van der Waals surface area contributed by atoms with Crippen molar-refractivity contribution in [2.45, 2.75) is 44.6 Å². The van der Waals surface area contributed by atoms with Gasteiger partial charge in [-0.3, -0.25) is 9.59 Å². The molecule has 3 atom stereocenters. The number of halogens is 1. The Morgan fingerprint density at radius 1 is 1.14 bits per heavy atom. The van der Waals surface area contributed by atoms with E-state index in [0.717, 1.165) is 36.7 Å². The van der Waals surface area contributed by atoms with Crippen LogP contribution in [0.2, 0.25) is 0 Å². The molecule has 7 heteroatoms. The summed E-state index contributed by atoms with van der Waals surface area (Å²) in [5, 5.41) is 0. The fourth-order valence-corrected chi connectivity index (χ4v) is 5.46. The number of hydrogen-bond acceptors (Lipinski definition) is 6. The SMILES string of the molecule is COC(=O)[C@@H](C)[C@H](c1ccc2c(c1)OC(c1cc(C=O)c(-c3ccnc(OC)c3)cc1F)CC2)C1CC1. The van der Waals surface area contributed by atoms with E-state index < -0.39 is 11.9 Å². The Labute approximate surface area is 215 Å². The molecule has 1 fully saturated rings. The number of aromatic nitrogens is 1. The number of methoxy groups -OCH3 is 2. The molecule has 1 aliphatic heterocycles. The third-order valence-corrected chi connectivity index (χ3v) is 7.56. The molecule has 0 bridgehead atoms. The van der Waals surface area contributed by atoms with Gasteiger partial charge in [0.15, 0.2) is 6.29 Å². The number of esters is 1. The molecule has 2 heterocycles. The van der Waals surface area contributed by atoms with Crippen molar-refractivity contribution in [1.29, 1.82) is 0 Å². The maximum atomic E-state index is 15.5. The maximum absolute atomic E-state index is 15.5. The van der Waals surface area contributed by atoms with Crippen LogP contribution < -0.4 is 9.47 Å². The second-order valence-electron chi connectivity index (χ2n) is 9.85. The first-order valence-electron chi connectivity index (χ1n) is 12.6. The molecule has 0 radical (unpaired) electrons. The van der Waals surface area contributed by atoms with Crippen LogP contribution in [0.5, 0.6) is 11.6 Å². The minimum Gasteiger partial charge on any atom is -0.485 e. The summed E-state index contributed by atoms with van der Waals surface area (Å²) in [4.78, 5) is 28.4. The molecule has 2 aliphatic rings. The van der Waals surface area contributed by atoms with Crippen LogP contribution >= 0.6 is 0 Å². The van der Waals surface area contributed by atoms with E-state index in [4.69, 9.17) is 14.2 Å².